The maximum atomic E-state index is 13.1. The molecule has 0 bridgehead atoms. The zero-order valence-electron chi connectivity index (χ0n) is 18.7. The van der Waals surface area contributed by atoms with Gasteiger partial charge in [-0.25, -0.2) is 9.97 Å². The lowest BCUT2D eigenvalue weighted by Crippen LogP contribution is -2.36. The summed E-state index contributed by atoms with van der Waals surface area (Å²) in [7, 11) is 0. The molecule has 0 unspecified atom stereocenters. The lowest BCUT2D eigenvalue weighted by molar-refractivity contribution is 0.0766. The molecule has 3 aromatic rings. The second-order valence-corrected chi connectivity index (χ2v) is 9.00. The van der Waals surface area contributed by atoms with Crippen LogP contribution in [0.5, 0.6) is 0 Å². The number of hydrogen-bond acceptors (Lipinski definition) is 4. The molecule has 0 N–H and O–H groups in total. The van der Waals surface area contributed by atoms with Crippen molar-refractivity contribution >= 4 is 27.7 Å². The van der Waals surface area contributed by atoms with Gasteiger partial charge in [0.1, 0.15) is 11.6 Å². The van der Waals surface area contributed by atoms with Crippen LogP contribution in [0.1, 0.15) is 46.3 Å². The zero-order chi connectivity index (χ0) is 22.5. The van der Waals surface area contributed by atoms with Crippen molar-refractivity contribution in [1.29, 1.82) is 0 Å². The van der Waals surface area contributed by atoms with Crippen LogP contribution in [-0.2, 0) is 12.8 Å². The Morgan fingerprint density at radius 1 is 0.969 bits per heavy atom. The van der Waals surface area contributed by atoms with Gasteiger partial charge in [-0.3, -0.25) is 4.79 Å². The minimum Gasteiger partial charge on any atom is -0.354 e. The van der Waals surface area contributed by atoms with Crippen molar-refractivity contribution in [2.45, 2.75) is 33.1 Å². The fraction of sp³-hybridized carbons (Fsp3) is 0.346. The van der Waals surface area contributed by atoms with E-state index in [0.717, 1.165) is 66.3 Å². The summed E-state index contributed by atoms with van der Waals surface area (Å²) in [6, 6.07) is 18.2. The molecule has 2 aromatic carbocycles. The molecule has 1 aliphatic heterocycles. The minimum absolute atomic E-state index is 0.0805. The number of benzene rings is 2. The molecule has 1 fully saturated rings. The van der Waals surface area contributed by atoms with Crippen molar-refractivity contribution in [3.63, 3.8) is 0 Å². The molecule has 0 atom stereocenters. The summed E-state index contributed by atoms with van der Waals surface area (Å²) in [6.45, 7) is 7.18. The molecule has 2 heterocycles. The van der Waals surface area contributed by atoms with Crippen molar-refractivity contribution < 1.29 is 4.79 Å². The number of nitrogens with zero attached hydrogens (tertiary/aromatic N) is 4. The molecule has 1 amide bonds. The molecule has 0 radical (unpaired) electrons. The Morgan fingerprint density at radius 2 is 1.72 bits per heavy atom. The normalized spacial score (nSPS) is 14.3. The third-order valence-electron chi connectivity index (χ3n) is 5.93. The Kier molecular flexibility index (Phi) is 7.20. The SMILES string of the molecule is CCc1nc(C)nc(N2CCCN(C(=O)c3ccccc3Br)CC2)c1Cc1ccccc1. The van der Waals surface area contributed by atoms with Crippen LogP contribution in [0.4, 0.5) is 5.82 Å². The highest BCUT2D eigenvalue weighted by Gasteiger charge is 2.24. The molecular weight excluding hydrogens is 464 g/mol. The average molecular weight is 493 g/mol. The van der Waals surface area contributed by atoms with Gasteiger partial charge in [0, 0.05) is 48.3 Å². The number of anilines is 1. The third-order valence-corrected chi connectivity index (χ3v) is 6.62. The second-order valence-electron chi connectivity index (χ2n) is 8.15. The van der Waals surface area contributed by atoms with E-state index < -0.39 is 0 Å². The zero-order valence-corrected chi connectivity index (χ0v) is 20.3. The maximum absolute atomic E-state index is 13.1. The predicted molar refractivity (Wildman–Crippen MR) is 132 cm³/mol. The first-order valence-corrected chi connectivity index (χ1v) is 12.0. The van der Waals surface area contributed by atoms with Crippen LogP contribution in [0.25, 0.3) is 0 Å². The highest BCUT2D eigenvalue weighted by atomic mass is 79.9. The van der Waals surface area contributed by atoms with Gasteiger partial charge in [0.25, 0.3) is 5.91 Å². The number of amides is 1. The molecule has 166 valence electrons. The number of hydrogen-bond donors (Lipinski definition) is 0. The highest BCUT2D eigenvalue weighted by molar-refractivity contribution is 9.10. The lowest BCUT2D eigenvalue weighted by Gasteiger charge is -2.26. The smallest absolute Gasteiger partial charge is 0.255 e. The van der Waals surface area contributed by atoms with Crippen molar-refractivity contribution in [1.82, 2.24) is 14.9 Å². The maximum Gasteiger partial charge on any atom is 0.255 e. The summed E-state index contributed by atoms with van der Waals surface area (Å²) in [5.41, 5.74) is 4.30. The monoisotopic (exact) mass is 492 g/mol. The first-order valence-electron chi connectivity index (χ1n) is 11.3. The first kappa shape index (κ1) is 22.5. The molecule has 32 heavy (non-hydrogen) atoms. The number of aryl methyl sites for hydroxylation is 2. The van der Waals surface area contributed by atoms with Gasteiger partial charge < -0.3 is 9.80 Å². The summed E-state index contributed by atoms with van der Waals surface area (Å²) in [5.74, 6) is 1.91. The Bertz CT molecular complexity index is 1090. The molecule has 5 nitrogen and oxygen atoms in total. The number of halogens is 1. The average Bonchev–Trinajstić information content (AvgIpc) is 3.07. The summed E-state index contributed by atoms with van der Waals surface area (Å²) >= 11 is 3.52. The van der Waals surface area contributed by atoms with Crippen LogP contribution in [0.15, 0.2) is 59.1 Å². The number of carbonyl (C=O) groups is 1. The van der Waals surface area contributed by atoms with Gasteiger partial charge in [0.15, 0.2) is 0 Å². The Hall–Kier alpha value is -2.73. The fourth-order valence-electron chi connectivity index (χ4n) is 4.31. The lowest BCUT2D eigenvalue weighted by atomic mass is 10.0. The molecule has 4 rings (SSSR count). The number of aromatic nitrogens is 2. The summed E-state index contributed by atoms with van der Waals surface area (Å²) in [5, 5.41) is 0. The van der Waals surface area contributed by atoms with E-state index in [2.05, 4.69) is 52.0 Å². The molecule has 0 spiro atoms. The van der Waals surface area contributed by atoms with Crippen LogP contribution in [-0.4, -0.2) is 47.0 Å². The quantitative estimate of drug-likeness (QED) is 0.499. The van der Waals surface area contributed by atoms with Gasteiger partial charge in [-0.2, -0.15) is 0 Å². The van der Waals surface area contributed by atoms with E-state index in [1.807, 2.05) is 42.2 Å². The van der Waals surface area contributed by atoms with Gasteiger partial charge in [-0.1, -0.05) is 49.4 Å². The van der Waals surface area contributed by atoms with Crippen LogP contribution in [0.2, 0.25) is 0 Å². The van der Waals surface area contributed by atoms with Crippen molar-refractivity contribution in [2.75, 3.05) is 31.1 Å². The Morgan fingerprint density at radius 3 is 2.47 bits per heavy atom. The molecule has 1 aliphatic rings. The van der Waals surface area contributed by atoms with Crippen LogP contribution in [0.3, 0.4) is 0 Å². The molecule has 1 saturated heterocycles. The van der Waals surface area contributed by atoms with E-state index in [1.54, 1.807) is 0 Å². The van der Waals surface area contributed by atoms with Crippen LogP contribution in [0, 0.1) is 6.92 Å². The summed E-state index contributed by atoms with van der Waals surface area (Å²) in [4.78, 5) is 27.1. The van der Waals surface area contributed by atoms with Crippen LogP contribution >= 0.6 is 15.9 Å². The number of carbonyl (C=O) groups excluding carboxylic acids is 1. The third kappa shape index (κ3) is 5.01. The molecule has 6 heteroatoms. The van der Waals surface area contributed by atoms with Crippen LogP contribution < -0.4 is 4.90 Å². The van der Waals surface area contributed by atoms with E-state index in [-0.39, 0.29) is 5.91 Å². The van der Waals surface area contributed by atoms with Gasteiger partial charge >= 0.3 is 0 Å². The minimum atomic E-state index is 0.0805. The topological polar surface area (TPSA) is 49.3 Å². The van der Waals surface area contributed by atoms with Crippen molar-refractivity contribution in [2.24, 2.45) is 0 Å². The highest BCUT2D eigenvalue weighted by Crippen LogP contribution is 2.26. The Labute approximate surface area is 198 Å². The molecular formula is C26H29BrN4O. The van der Waals surface area contributed by atoms with Gasteiger partial charge in [0.05, 0.1) is 5.56 Å². The molecule has 0 saturated carbocycles. The van der Waals surface area contributed by atoms with E-state index >= 15 is 0 Å². The number of rotatable bonds is 5. The van der Waals surface area contributed by atoms with Gasteiger partial charge in [-0.15, -0.1) is 0 Å². The summed E-state index contributed by atoms with van der Waals surface area (Å²) < 4.78 is 0.843. The first-order chi connectivity index (χ1) is 15.6. The van der Waals surface area contributed by atoms with Gasteiger partial charge in [-0.05, 0) is 53.4 Å². The largest absolute Gasteiger partial charge is 0.354 e. The fourth-order valence-corrected chi connectivity index (χ4v) is 4.76. The van der Waals surface area contributed by atoms with Crippen molar-refractivity contribution in [3.8, 4) is 0 Å². The molecule has 0 aliphatic carbocycles. The second kappa shape index (κ2) is 10.3. The van der Waals surface area contributed by atoms with Gasteiger partial charge in [0.2, 0.25) is 0 Å². The van der Waals surface area contributed by atoms with E-state index in [0.29, 0.717) is 6.54 Å². The summed E-state index contributed by atoms with van der Waals surface area (Å²) in [6.07, 6.45) is 2.60. The van der Waals surface area contributed by atoms with Crippen molar-refractivity contribution in [3.05, 3.63) is 87.3 Å². The van der Waals surface area contributed by atoms with E-state index in [1.165, 1.54) is 11.1 Å². The van der Waals surface area contributed by atoms with E-state index in [4.69, 9.17) is 9.97 Å². The molecule has 1 aromatic heterocycles. The Balaban J connectivity index is 1.59. The predicted octanol–water partition coefficient (Wildman–Crippen LogP) is 5.05. The standard InChI is InChI=1S/C26H29BrN4O/c1-3-24-22(18-20-10-5-4-6-11-20)25(29-19(2)28-24)30-14-9-15-31(17-16-30)26(32)21-12-7-8-13-23(21)27/h4-8,10-13H,3,9,14-18H2,1-2H3. The van der Waals surface area contributed by atoms with E-state index in [9.17, 15) is 4.79 Å².